The van der Waals surface area contributed by atoms with Crippen LogP contribution in [-0.4, -0.2) is 48.4 Å². The van der Waals surface area contributed by atoms with Crippen LogP contribution in [0.1, 0.15) is 22.8 Å². The lowest BCUT2D eigenvalue weighted by Crippen LogP contribution is -2.52. The molecule has 0 aliphatic carbocycles. The SMILES string of the molecule is CC1CN(C)CCN1C(=O)c1ccc(Br)c(C(F)(F)F)c1. The number of piperazine rings is 1. The summed E-state index contributed by atoms with van der Waals surface area (Å²) in [5, 5.41) is 0. The van der Waals surface area contributed by atoms with Crippen molar-refractivity contribution in [2.24, 2.45) is 0 Å². The van der Waals surface area contributed by atoms with E-state index in [1.54, 1.807) is 4.90 Å². The number of amides is 1. The fourth-order valence-electron chi connectivity index (χ4n) is 2.48. The lowest BCUT2D eigenvalue weighted by atomic mass is 10.1. The van der Waals surface area contributed by atoms with Crippen LogP contribution in [0.25, 0.3) is 0 Å². The molecular formula is C14H16BrF3N2O. The van der Waals surface area contributed by atoms with Gasteiger partial charge in [0.25, 0.3) is 5.91 Å². The number of hydrogen-bond donors (Lipinski definition) is 0. The van der Waals surface area contributed by atoms with Gasteiger partial charge < -0.3 is 9.80 Å². The Kier molecular flexibility index (Phi) is 4.63. The maximum atomic E-state index is 12.9. The molecule has 3 nitrogen and oxygen atoms in total. The van der Waals surface area contributed by atoms with Crippen LogP contribution in [0.4, 0.5) is 13.2 Å². The van der Waals surface area contributed by atoms with Gasteiger partial charge in [0.15, 0.2) is 0 Å². The highest BCUT2D eigenvalue weighted by atomic mass is 79.9. The molecule has 1 aliphatic heterocycles. The van der Waals surface area contributed by atoms with Crippen LogP contribution in [0.2, 0.25) is 0 Å². The maximum absolute atomic E-state index is 12.9. The molecule has 1 fully saturated rings. The van der Waals surface area contributed by atoms with Crippen LogP contribution < -0.4 is 0 Å². The molecule has 0 N–H and O–H groups in total. The van der Waals surface area contributed by atoms with Crippen molar-refractivity contribution in [2.45, 2.75) is 19.1 Å². The highest BCUT2D eigenvalue weighted by Gasteiger charge is 2.34. The molecule has 1 saturated heterocycles. The third-order valence-corrected chi connectivity index (χ3v) is 4.30. The summed E-state index contributed by atoms with van der Waals surface area (Å²) in [5.74, 6) is -0.353. The second-order valence-electron chi connectivity index (χ2n) is 5.30. The largest absolute Gasteiger partial charge is 0.417 e. The highest BCUT2D eigenvalue weighted by Crippen LogP contribution is 2.35. The standard InChI is InChI=1S/C14H16BrF3N2O/c1-9-8-19(2)5-6-20(9)13(21)10-3-4-12(15)11(7-10)14(16,17)18/h3-4,7,9H,5-6,8H2,1-2H3. The molecule has 2 rings (SSSR count). The molecule has 0 aromatic heterocycles. The van der Waals surface area contributed by atoms with E-state index in [-0.39, 0.29) is 22.0 Å². The number of carbonyl (C=O) groups excluding carboxylic acids is 1. The molecule has 0 spiro atoms. The van der Waals surface area contributed by atoms with E-state index in [0.717, 1.165) is 12.6 Å². The molecule has 21 heavy (non-hydrogen) atoms. The molecule has 1 atom stereocenters. The molecule has 1 amide bonds. The van der Waals surface area contributed by atoms with Crippen LogP contribution in [-0.2, 0) is 6.18 Å². The summed E-state index contributed by atoms with van der Waals surface area (Å²) in [4.78, 5) is 16.2. The lowest BCUT2D eigenvalue weighted by Gasteiger charge is -2.38. The molecule has 1 aliphatic rings. The number of hydrogen-bond acceptors (Lipinski definition) is 2. The van der Waals surface area contributed by atoms with Crippen LogP contribution in [0.15, 0.2) is 22.7 Å². The minimum Gasteiger partial charge on any atom is -0.333 e. The zero-order valence-electron chi connectivity index (χ0n) is 11.7. The van der Waals surface area contributed by atoms with E-state index in [2.05, 4.69) is 20.8 Å². The summed E-state index contributed by atoms with van der Waals surface area (Å²) in [7, 11) is 1.96. The quantitative estimate of drug-likeness (QED) is 0.763. The molecule has 1 aromatic rings. The van der Waals surface area contributed by atoms with Crippen molar-refractivity contribution in [2.75, 3.05) is 26.7 Å². The van der Waals surface area contributed by atoms with E-state index in [9.17, 15) is 18.0 Å². The van der Waals surface area contributed by atoms with Crippen LogP contribution in [0.5, 0.6) is 0 Å². The van der Waals surface area contributed by atoms with E-state index in [0.29, 0.717) is 13.1 Å². The first-order valence-corrected chi connectivity index (χ1v) is 7.35. The Morgan fingerprint density at radius 1 is 1.33 bits per heavy atom. The van der Waals surface area contributed by atoms with E-state index in [1.807, 2.05) is 14.0 Å². The minimum atomic E-state index is -4.48. The van der Waals surface area contributed by atoms with Gasteiger partial charge in [0.05, 0.1) is 5.56 Å². The van der Waals surface area contributed by atoms with Crippen molar-refractivity contribution in [3.8, 4) is 0 Å². The van der Waals surface area contributed by atoms with Gasteiger partial charge in [-0.15, -0.1) is 0 Å². The van der Waals surface area contributed by atoms with Gasteiger partial charge in [-0.05, 0) is 32.2 Å². The van der Waals surface area contributed by atoms with Gasteiger partial charge in [0, 0.05) is 35.7 Å². The van der Waals surface area contributed by atoms with Crippen LogP contribution in [0, 0.1) is 0 Å². The summed E-state index contributed by atoms with van der Waals surface area (Å²) in [6.45, 7) is 3.86. The van der Waals surface area contributed by atoms with Crippen molar-refractivity contribution in [1.82, 2.24) is 9.80 Å². The molecule has 1 unspecified atom stereocenters. The Morgan fingerprint density at radius 2 is 2.00 bits per heavy atom. The van der Waals surface area contributed by atoms with Gasteiger partial charge in [-0.1, -0.05) is 15.9 Å². The summed E-state index contributed by atoms with van der Waals surface area (Å²) in [5.41, 5.74) is -0.753. The zero-order chi connectivity index (χ0) is 15.8. The maximum Gasteiger partial charge on any atom is 0.417 e. The number of nitrogens with zero attached hydrogens (tertiary/aromatic N) is 2. The molecule has 1 aromatic carbocycles. The monoisotopic (exact) mass is 364 g/mol. The topological polar surface area (TPSA) is 23.6 Å². The lowest BCUT2D eigenvalue weighted by molar-refractivity contribution is -0.138. The highest BCUT2D eigenvalue weighted by molar-refractivity contribution is 9.10. The van der Waals surface area contributed by atoms with Crippen molar-refractivity contribution in [3.05, 3.63) is 33.8 Å². The Hall–Kier alpha value is -1.08. The molecule has 1 heterocycles. The molecule has 0 radical (unpaired) electrons. The average Bonchev–Trinajstić information content (AvgIpc) is 2.37. The number of alkyl halides is 3. The second-order valence-corrected chi connectivity index (χ2v) is 6.16. The third kappa shape index (κ3) is 3.58. The molecule has 116 valence electrons. The number of rotatable bonds is 1. The molecule has 7 heteroatoms. The Labute approximate surface area is 129 Å². The molecule has 0 saturated carbocycles. The zero-order valence-corrected chi connectivity index (χ0v) is 13.3. The first-order chi connectivity index (χ1) is 9.70. The predicted molar refractivity (Wildman–Crippen MR) is 77.1 cm³/mol. The van der Waals surface area contributed by atoms with E-state index >= 15 is 0 Å². The van der Waals surface area contributed by atoms with Gasteiger partial charge in [-0.25, -0.2) is 0 Å². The van der Waals surface area contributed by atoms with E-state index < -0.39 is 11.7 Å². The number of benzene rings is 1. The molecule has 0 bridgehead atoms. The second kappa shape index (κ2) is 5.96. The Morgan fingerprint density at radius 3 is 2.57 bits per heavy atom. The summed E-state index contributed by atoms with van der Waals surface area (Å²) < 4.78 is 38.6. The summed E-state index contributed by atoms with van der Waals surface area (Å²) in [6, 6.07) is 3.59. The minimum absolute atomic E-state index is 0.0192. The van der Waals surface area contributed by atoms with E-state index in [4.69, 9.17) is 0 Å². The number of carbonyl (C=O) groups is 1. The fourth-order valence-corrected chi connectivity index (χ4v) is 2.95. The van der Waals surface area contributed by atoms with Gasteiger partial charge in [0.2, 0.25) is 0 Å². The van der Waals surface area contributed by atoms with Crippen molar-refractivity contribution in [3.63, 3.8) is 0 Å². The van der Waals surface area contributed by atoms with E-state index in [1.165, 1.54) is 12.1 Å². The van der Waals surface area contributed by atoms with Crippen LogP contribution in [0.3, 0.4) is 0 Å². The van der Waals surface area contributed by atoms with Gasteiger partial charge in [0.1, 0.15) is 0 Å². The van der Waals surface area contributed by atoms with Crippen LogP contribution >= 0.6 is 15.9 Å². The van der Waals surface area contributed by atoms with Crippen molar-refractivity contribution < 1.29 is 18.0 Å². The van der Waals surface area contributed by atoms with Gasteiger partial charge >= 0.3 is 6.18 Å². The van der Waals surface area contributed by atoms with Crippen molar-refractivity contribution >= 4 is 21.8 Å². The Balaban J connectivity index is 2.28. The average molecular weight is 365 g/mol. The smallest absolute Gasteiger partial charge is 0.333 e. The summed E-state index contributed by atoms with van der Waals surface area (Å²) >= 11 is 2.88. The number of halogens is 4. The fraction of sp³-hybridized carbons (Fsp3) is 0.500. The first kappa shape index (κ1) is 16.3. The third-order valence-electron chi connectivity index (χ3n) is 3.61. The predicted octanol–water partition coefficient (Wildman–Crippen LogP) is 3.24. The van der Waals surface area contributed by atoms with Crippen molar-refractivity contribution in [1.29, 1.82) is 0 Å². The molecular weight excluding hydrogens is 349 g/mol. The Bertz CT molecular complexity index is 548. The van der Waals surface area contributed by atoms with Gasteiger partial charge in [-0.2, -0.15) is 13.2 Å². The normalized spacial score (nSPS) is 20.7. The summed E-state index contributed by atoms with van der Waals surface area (Å²) in [6.07, 6.45) is -4.48. The number of likely N-dealkylation sites (N-methyl/N-ethyl adjacent to an activating group) is 1. The first-order valence-electron chi connectivity index (χ1n) is 6.56. The van der Waals surface area contributed by atoms with Gasteiger partial charge in [-0.3, -0.25) is 4.79 Å².